The Hall–Kier alpha value is -0.340. The van der Waals surface area contributed by atoms with Crippen molar-refractivity contribution in [3.8, 4) is 0 Å². The van der Waals surface area contributed by atoms with E-state index in [9.17, 15) is 0 Å². The standard InChI is InChI=1S/C15H22BrN/c1-12-3-4-13(2)15(9-12)11-17-7-5-14(10-16)6-8-17/h3-4,9,14H,5-8,10-11H2,1-2H3. The summed E-state index contributed by atoms with van der Waals surface area (Å²) in [5.74, 6) is 0.893. The van der Waals surface area contributed by atoms with Crippen molar-refractivity contribution in [1.82, 2.24) is 4.90 Å². The van der Waals surface area contributed by atoms with E-state index >= 15 is 0 Å². The number of piperidine rings is 1. The Morgan fingerprint density at radius 3 is 2.59 bits per heavy atom. The summed E-state index contributed by atoms with van der Waals surface area (Å²) in [4.78, 5) is 2.60. The topological polar surface area (TPSA) is 3.24 Å². The molecule has 0 N–H and O–H groups in total. The van der Waals surface area contributed by atoms with E-state index in [1.165, 1.54) is 48.0 Å². The van der Waals surface area contributed by atoms with Gasteiger partial charge in [-0.25, -0.2) is 0 Å². The third kappa shape index (κ3) is 3.56. The lowest BCUT2D eigenvalue weighted by Crippen LogP contribution is -2.33. The molecule has 2 heteroatoms. The molecular formula is C15H22BrN. The maximum atomic E-state index is 3.60. The van der Waals surface area contributed by atoms with Gasteiger partial charge < -0.3 is 0 Å². The smallest absolute Gasteiger partial charge is 0.0236 e. The van der Waals surface area contributed by atoms with Crippen molar-refractivity contribution in [2.24, 2.45) is 5.92 Å². The molecular weight excluding hydrogens is 274 g/mol. The summed E-state index contributed by atoms with van der Waals surface area (Å²) in [5.41, 5.74) is 4.31. The summed E-state index contributed by atoms with van der Waals surface area (Å²) < 4.78 is 0. The molecule has 0 aromatic heterocycles. The van der Waals surface area contributed by atoms with Crippen LogP contribution in [0, 0.1) is 19.8 Å². The van der Waals surface area contributed by atoms with Crippen LogP contribution in [-0.2, 0) is 6.54 Å². The van der Waals surface area contributed by atoms with Gasteiger partial charge in [-0.15, -0.1) is 0 Å². The summed E-state index contributed by atoms with van der Waals surface area (Å²) in [5, 5.41) is 1.17. The van der Waals surface area contributed by atoms with E-state index in [1.54, 1.807) is 0 Å². The first-order valence-corrected chi connectivity index (χ1v) is 7.65. The SMILES string of the molecule is Cc1ccc(C)c(CN2CCC(CBr)CC2)c1. The Labute approximate surface area is 113 Å². The molecule has 94 valence electrons. The first kappa shape index (κ1) is 13.1. The molecule has 1 aromatic carbocycles. The van der Waals surface area contributed by atoms with E-state index in [-0.39, 0.29) is 0 Å². The van der Waals surface area contributed by atoms with Crippen LogP contribution in [0.4, 0.5) is 0 Å². The lowest BCUT2D eigenvalue weighted by atomic mass is 9.98. The van der Waals surface area contributed by atoms with Gasteiger partial charge in [-0.1, -0.05) is 39.7 Å². The van der Waals surface area contributed by atoms with Crippen LogP contribution < -0.4 is 0 Å². The molecule has 0 radical (unpaired) electrons. The van der Waals surface area contributed by atoms with E-state index in [4.69, 9.17) is 0 Å². The highest BCUT2D eigenvalue weighted by molar-refractivity contribution is 9.09. The van der Waals surface area contributed by atoms with Gasteiger partial charge in [0.05, 0.1) is 0 Å². The van der Waals surface area contributed by atoms with Crippen LogP contribution in [0.3, 0.4) is 0 Å². The van der Waals surface area contributed by atoms with Gasteiger partial charge in [-0.2, -0.15) is 0 Å². The highest BCUT2D eigenvalue weighted by Gasteiger charge is 2.18. The van der Waals surface area contributed by atoms with Crippen LogP contribution >= 0.6 is 15.9 Å². The van der Waals surface area contributed by atoms with Crippen LogP contribution in [0.1, 0.15) is 29.5 Å². The Kier molecular flexibility index (Phi) is 4.63. The minimum absolute atomic E-state index is 0.893. The highest BCUT2D eigenvalue weighted by Crippen LogP contribution is 2.21. The van der Waals surface area contributed by atoms with Crippen LogP contribution in [-0.4, -0.2) is 23.3 Å². The number of likely N-dealkylation sites (tertiary alicyclic amines) is 1. The van der Waals surface area contributed by atoms with Crippen molar-refractivity contribution < 1.29 is 0 Å². The quantitative estimate of drug-likeness (QED) is 0.764. The number of halogens is 1. The van der Waals surface area contributed by atoms with Crippen LogP contribution in [0.25, 0.3) is 0 Å². The van der Waals surface area contributed by atoms with Crippen LogP contribution in [0.2, 0.25) is 0 Å². The third-order valence-corrected chi connectivity index (χ3v) is 4.74. The zero-order valence-corrected chi connectivity index (χ0v) is 12.5. The van der Waals surface area contributed by atoms with E-state index in [2.05, 4.69) is 52.9 Å². The van der Waals surface area contributed by atoms with Crippen molar-refractivity contribution in [3.05, 3.63) is 34.9 Å². The molecule has 1 fully saturated rings. The molecule has 0 aliphatic carbocycles. The Morgan fingerprint density at radius 1 is 1.24 bits per heavy atom. The zero-order valence-electron chi connectivity index (χ0n) is 10.9. The zero-order chi connectivity index (χ0) is 12.3. The molecule has 0 amide bonds. The molecule has 1 aliphatic heterocycles. The number of benzene rings is 1. The van der Waals surface area contributed by atoms with Crippen molar-refractivity contribution in [1.29, 1.82) is 0 Å². The Balaban J connectivity index is 1.95. The third-order valence-electron chi connectivity index (χ3n) is 3.82. The minimum atomic E-state index is 0.893. The molecule has 0 saturated carbocycles. The number of nitrogens with zero attached hydrogens (tertiary/aromatic N) is 1. The Bertz CT molecular complexity index is 367. The van der Waals surface area contributed by atoms with Gasteiger partial charge in [-0.05, 0) is 56.8 Å². The molecule has 1 aromatic rings. The maximum absolute atomic E-state index is 3.60. The number of aryl methyl sites for hydroxylation is 2. The van der Waals surface area contributed by atoms with Gasteiger partial charge >= 0.3 is 0 Å². The predicted molar refractivity (Wildman–Crippen MR) is 77.7 cm³/mol. The lowest BCUT2D eigenvalue weighted by Gasteiger charge is -2.31. The fourth-order valence-electron chi connectivity index (χ4n) is 2.51. The first-order valence-electron chi connectivity index (χ1n) is 6.53. The number of alkyl halides is 1. The van der Waals surface area contributed by atoms with Gasteiger partial charge in [0.25, 0.3) is 0 Å². The average molecular weight is 296 g/mol. The molecule has 0 atom stereocenters. The second-order valence-corrected chi connectivity index (χ2v) is 5.95. The summed E-state index contributed by atoms with van der Waals surface area (Å²) in [6.07, 6.45) is 2.69. The predicted octanol–water partition coefficient (Wildman–Crippen LogP) is 3.91. The normalized spacial score (nSPS) is 18.5. The summed E-state index contributed by atoms with van der Waals surface area (Å²) >= 11 is 3.60. The molecule has 1 nitrogen and oxygen atoms in total. The van der Waals surface area contributed by atoms with Crippen molar-refractivity contribution in [2.75, 3.05) is 18.4 Å². The van der Waals surface area contributed by atoms with Crippen molar-refractivity contribution >= 4 is 15.9 Å². The van der Waals surface area contributed by atoms with E-state index in [0.717, 1.165) is 12.5 Å². The molecule has 0 spiro atoms. The summed E-state index contributed by atoms with van der Waals surface area (Å²) in [7, 11) is 0. The lowest BCUT2D eigenvalue weighted by molar-refractivity contribution is 0.187. The fourth-order valence-corrected chi connectivity index (χ4v) is 3.16. The van der Waals surface area contributed by atoms with Gasteiger partial charge in [0.1, 0.15) is 0 Å². The second kappa shape index (κ2) is 6.01. The minimum Gasteiger partial charge on any atom is -0.299 e. The molecule has 17 heavy (non-hydrogen) atoms. The maximum Gasteiger partial charge on any atom is 0.0236 e. The van der Waals surface area contributed by atoms with Crippen molar-refractivity contribution in [3.63, 3.8) is 0 Å². The fraction of sp³-hybridized carbons (Fsp3) is 0.600. The largest absolute Gasteiger partial charge is 0.299 e. The highest BCUT2D eigenvalue weighted by atomic mass is 79.9. The van der Waals surface area contributed by atoms with Gasteiger partial charge in [0, 0.05) is 11.9 Å². The molecule has 1 aliphatic rings. The average Bonchev–Trinajstić information content (AvgIpc) is 2.35. The number of rotatable bonds is 3. The number of hydrogen-bond donors (Lipinski definition) is 0. The van der Waals surface area contributed by atoms with Gasteiger partial charge in [0.2, 0.25) is 0 Å². The van der Waals surface area contributed by atoms with Gasteiger partial charge in [-0.3, -0.25) is 4.90 Å². The van der Waals surface area contributed by atoms with Gasteiger partial charge in [0.15, 0.2) is 0 Å². The van der Waals surface area contributed by atoms with Crippen molar-refractivity contribution in [2.45, 2.75) is 33.2 Å². The first-order chi connectivity index (χ1) is 8.19. The van der Waals surface area contributed by atoms with Crippen LogP contribution in [0.5, 0.6) is 0 Å². The molecule has 0 unspecified atom stereocenters. The Morgan fingerprint density at radius 2 is 1.94 bits per heavy atom. The van der Waals surface area contributed by atoms with Crippen LogP contribution in [0.15, 0.2) is 18.2 Å². The molecule has 1 heterocycles. The molecule has 1 saturated heterocycles. The monoisotopic (exact) mass is 295 g/mol. The molecule has 2 rings (SSSR count). The number of hydrogen-bond acceptors (Lipinski definition) is 1. The van der Waals surface area contributed by atoms with E-state index < -0.39 is 0 Å². The second-order valence-electron chi connectivity index (χ2n) is 5.30. The van der Waals surface area contributed by atoms with E-state index in [1.807, 2.05) is 0 Å². The molecule has 0 bridgehead atoms. The van der Waals surface area contributed by atoms with E-state index in [0.29, 0.717) is 0 Å². The summed E-state index contributed by atoms with van der Waals surface area (Å²) in [6, 6.07) is 6.79. The summed E-state index contributed by atoms with van der Waals surface area (Å²) in [6.45, 7) is 8.04.